The molecule has 0 unspecified atom stereocenters. The van der Waals surface area contributed by atoms with Gasteiger partial charge in [0.2, 0.25) is 0 Å². The van der Waals surface area contributed by atoms with Crippen LogP contribution in [0.3, 0.4) is 0 Å². The van der Waals surface area contributed by atoms with Crippen molar-refractivity contribution in [3.63, 3.8) is 0 Å². The van der Waals surface area contributed by atoms with Gasteiger partial charge >= 0.3 is 0 Å². The quantitative estimate of drug-likeness (QED) is 0.555. The molecule has 1 saturated heterocycles. The van der Waals surface area contributed by atoms with Gasteiger partial charge in [-0.15, -0.1) is 12.4 Å². The van der Waals surface area contributed by atoms with Crippen LogP contribution in [0.1, 0.15) is 33.1 Å². The van der Waals surface area contributed by atoms with Crippen LogP contribution in [-0.4, -0.2) is 12.1 Å². The van der Waals surface area contributed by atoms with Crippen LogP contribution < -0.4 is 5.32 Å². The molecule has 0 aliphatic carbocycles. The lowest BCUT2D eigenvalue weighted by atomic mass is 10.0. The van der Waals surface area contributed by atoms with E-state index in [2.05, 4.69) is 19.2 Å². The largest absolute Gasteiger partial charge is 0.312 e. The minimum atomic E-state index is 0. The van der Waals surface area contributed by atoms with Crippen LogP contribution in [0.15, 0.2) is 0 Å². The molecule has 1 heterocycles. The van der Waals surface area contributed by atoms with Gasteiger partial charge in [-0.3, -0.25) is 0 Å². The van der Waals surface area contributed by atoms with Gasteiger partial charge in [-0.25, -0.2) is 0 Å². The highest BCUT2D eigenvalue weighted by molar-refractivity contribution is 5.85. The molecule has 1 N–H and O–H groups in total. The summed E-state index contributed by atoms with van der Waals surface area (Å²) in [5, 5.41) is 3.48. The summed E-state index contributed by atoms with van der Waals surface area (Å²) in [5.41, 5.74) is 0. The van der Waals surface area contributed by atoms with Gasteiger partial charge in [-0.05, 0) is 26.7 Å². The standard InChI is InChI=1S/C7H15N.ClH/c1-6-4-3-5-7(2)8-6;/h6-8H,3-5H2,1-2H3;1H/t6-,7-;/m1./s1. The molecule has 0 aromatic rings. The van der Waals surface area contributed by atoms with Crippen molar-refractivity contribution in [3.05, 3.63) is 0 Å². The molecule has 0 amide bonds. The molecule has 0 aromatic heterocycles. The predicted molar refractivity (Wildman–Crippen MR) is 43.2 cm³/mol. The van der Waals surface area contributed by atoms with Crippen LogP contribution in [0.4, 0.5) is 0 Å². The second-order valence-corrected chi connectivity index (χ2v) is 2.90. The average Bonchev–Trinajstić information content (AvgIpc) is 1.64. The first-order chi connectivity index (χ1) is 3.79. The first kappa shape index (κ1) is 9.25. The fraction of sp³-hybridized carbons (Fsp3) is 1.00. The van der Waals surface area contributed by atoms with Gasteiger partial charge in [0, 0.05) is 12.1 Å². The summed E-state index contributed by atoms with van der Waals surface area (Å²) in [6.45, 7) is 4.52. The minimum absolute atomic E-state index is 0. The Morgan fingerprint density at radius 3 is 1.78 bits per heavy atom. The maximum atomic E-state index is 3.48. The van der Waals surface area contributed by atoms with E-state index in [1.807, 2.05) is 0 Å². The summed E-state index contributed by atoms with van der Waals surface area (Å²) in [4.78, 5) is 0. The maximum Gasteiger partial charge on any atom is 0.00412 e. The molecule has 0 radical (unpaired) electrons. The number of nitrogens with one attached hydrogen (secondary N) is 1. The van der Waals surface area contributed by atoms with Crippen LogP contribution >= 0.6 is 12.4 Å². The molecule has 0 bridgehead atoms. The van der Waals surface area contributed by atoms with Crippen LogP contribution in [0.25, 0.3) is 0 Å². The van der Waals surface area contributed by atoms with Gasteiger partial charge in [-0.1, -0.05) is 6.42 Å². The zero-order valence-electron chi connectivity index (χ0n) is 6.18. The average molecular weight is 150 g/mol. The van der Waals surface area contributed by atoms with Gasteiger partial charge in [0.05, 0.1) is 0 Å². The Morgan fingerprint density at radius 1 is 1.11 bits per heavy atom. The molecule has 0 saturated carbocycles. The van der Waals surface area contributed by atoms with E-state index in [4.69, 9.17) is 0 Å². The van der Waals surface area contributed by atoms with E-state index in [0.717, 1.165) is 12.1 Å². The first-order valence-corrected chi connectivity index (χ1v) is 3.55. The Hall–Kier alpha value is 0.250. The van der Waals surface area contributed by atoms with E-state index >= 15 is 0 Å². The van der Waals surface area contributed by atoms with Crippen LogP contribution in [0, 0.1) is 0 Å². The summed E-state index contributed by atoms with van der Waals surface area (Å²) in [7, 11) is 0. The van der Waals surface area contributed by atoms with Gasteiger partial charge in [0.1, 0.15) is 0 Å². The van der Waals surface area contributed by atoms with E-state index in [-0.39, 0.29) is 12.4 Å². The van der Waals surface area contributed by atoms with Crippen molar-refractivity contribution in [1.29, 1.82) is 0 Å². The number of hydrogen-bond donors (Lipinski definition) is 1. The summed E-state index contributed by atoms with van der Waals surface area (Å²) < 4.78 is 0. The van der Waals surface area contributed by atoms with Crippen LogP contribution in [0.2, 0.25) is 0 Å². The molecule has 1 rings (SSSR count). The molecule has 1 aliphatic heterocycles. The lowest BCUT2D eigenvalue weighted by Gasteiger charge is -2.25. The zero-order chi connectivity index (χ0) is 5.98. The molecule has 9 heavy (non-hydrogen) atoms. The van der Waals surface area contributed by atoms with Crippen LogP contribution in [0.5, 0.6) is 0 Å². The Bertz CT molecular complexity index is 67.3. The molecule has 2 heteroatoms. The highest BCUT2D eigenvalue weighted by atomic mass is 35.5. The Morgan fingerprint density at radius 2 is 1.56 bits per heavy atom. The third-order valence-corrected chi connectivity index (χ3v) is 1.84. The molecule has 56 valence electrons. The van der Waals surface area contributed by atoms with Gasteiger partial charge in [0.15, 0.2) is 0 Å². The second-order valence-electron chi connectivity index (χ2n) is 2.90. The highest BCUT2D eigenvalue weighted by Gasteiger charge is 2.11. The summed E-state index contributed by atoms with van der Waals surface area (Å²) in [6, 6.07) is 1.53. The molecule has 1 aliphatic rings. The SMILES string of the molecule is C[C@@H]1CCC[C@@H](C)N1.Cl. The van der Waals surface area contributed by atoms with Gasteiger partial charge in [0.25, 0.3) is 0 Å². The van der Waals surface area contributed by atoms with Crippen molar-refractivity contribution >= 4 is 12.4 Å². The van der Waals surface area contributed by atoms with Crippen LogP contribution in [-0.2, 0) is 0 Å². The molecule has 1 nitrogen and oxygen atoms in total. The minimum Gasteiger partial charge on any atom is -0.312 e. The highest BCUT2D eigenvalue weighted by Crippen LogP contribution is 2.10. The molecule has 2 atom stereocenters. The van der Waals surface area contributed by atoms with E-state index in [1.165, 1.54) is 19.3 Å². The number of hydrogen-bond acceptors (Lipinski definition) is 1. The molecule has 1 fully saturated rings. The van der Waals surface area contributed by atoms with Crippen molar-refractivity contribution < 1.29 is 0 Å². The predicted octanol–water partition coefficient (Wildman–Crippen LogP) is 1.96. The monoisotopic (exact) mass is 149 g/mol. The third kappa shape index (κ3) is 3.07. The topological polar surface area (TPSA) is 12.0 Å². The fourth-order valence-electron chi connectivity index (χ4n) is 1.38. The van der Waals surface area contributed by atoms with E-state index in [1.54, 1.807) is 0 Å². The van der Waals surface area contributed by atoms with Gasteiger partial charge < -0.3 is 5.32 Å². The van der Waals surface area contributed by atoms with Crippen molar-refractivity contribution in [3.8, 4) is 0 Å². The summed E-state index contributed by atoms with van der Waals surface area (Å²) >= 11 is 0. The Kier molecular flexibility index (Phi) is 4.24. The second kappa shape index (κ2) is 4.13. The number of piperidine rings is 1. The normalized spacial score (nSPS) is 35.3. The van der Waals surface area contributed by atoms with E-state index in [0.29, 0.717) is 0 Å². The lowest BCUT2D eigenvalue weighted by molar-refractivity contribution is 0.352. The molecule has 0 spiro atoms. The maximum absolute atomic E-state index is 3.48. The van der Waals surface area contributed by atoms with Crippen molar-refractivity contribution in [1.82, 2.24) is 5.32 Å². The molecular weight excluding hydrogens is 134 g/mol. The summed E-state index contributed by atoms with van der Waals surface area (Å²) in [6.07, 6.45) is 4.14. The lowest BCUT2D eigenvalue weighted by Crippen LogP contribution is -2.38. The van der Waals surface area contributed by atoms with Crippen molar-refractivity contribution in [2.75, 3.05) is 0 Å². The number of rotatable bonds is 0. The first-order valence-electron chi connectivity index (χ1n) is 3.55. The summed E-state index contributed by atoms with van der Waals surface area (Å²) in [5.74, 6) is 0. The Labute approximate surface area is 63.6 Å². The van der Waals surface area contributed by atoms with E-state index < -0.39 is 0 Å². The van der Waals surface area contributed by atoms with Crippen molar-refractivity contribution in [2.45, 2.75) is 45.2 Å². The number of halogens is 1. The van der Waals surface area contributed by atoms with Gasteiger partial charge in [-0.2, -0.15) is 0 Å². The Balaban J connectivity index is 0.000000640. The van der Waals surface area contributed by atoms with E-state index in [9.17, 15) is 0 Å². The molecular formula is C7H16ClN. The fourth-order valence-corrected chi connectivity index (χ4v) is 1.38. The zero-order valence-corrected chi connectivity index (χ0v) is 7.00. The smallest absolute Gasteiger partial charge is 0.00412 e. The third-order valence-electron chi connectivity index (χ3n) is 1.84. The van der Waals surface area contributed by atoms with Crippen molar-refractivity contribution in [2.24, 2.45) is 0 Å². The molecule has 0 aromatic carbocycles.